The van der Waals surface area contributed by atoms with E-state index in [2.05, 4.69) is 4.98 Å². The van der Waals surface area contributed by atoms with Gasteiger partial charge in [0, 0.05) is 6.20 Å². The molecule has 1 aromatic carbocycles. The summed E-state index contributed by atoms with van der Waals surface area (Å²) in [5, 5.41) is 0. The van der Waals surface area contributed by atoms with Crippen molar-refractivity contribution in [1.29, 1.82) is 0 Å². The monoisotopic (exact) mass is 220 g/mol. The number of nitrogens with zero attached hydrogens (tertiary/aromatic N) is 1. The van der Waals surface area contributed by atoms with Crippen LogP contribution >= 0.6 is 0 Å². The number of rotatable bonds is 2. The Bertz CT molecular complexity index is 454. The first kappa shape index (κ1) is 10.7. The first-order chi connectivity index (χ1) is 7.66. The zero-order chi connectivity index (χ0) is 11.5. The molecule has 1 unspecified atom stereocenters. The van der Waals surface area contributed by atoms with E-state index in [-0.39, 0.29) is 5.82 Å². The van der Waals surface area contributed by atoms with Gasteiger partial charge in [-0.3, -0.25) is 4.98 Å². The van der Waals surface area contributed by atoms with Crippen molar-refractivity contribution in [2.24, 2.45) is 5.73 Å². The molecule has 82 valence electrons. The van der Waals surface area contributed by atoms with Gasteiger partial charge in [0.05, 0.1) is 12.2 Å². The van der Waals surface area contributed by atoms with E-state index >= 15 is 0 Å². The summed E-state index contributed by atoms with van der Waals surface area (Å²) in [5.41, 5.74) is 6.99. The van der Waals surface area contributed by atoms with Crippen LogP contribution in [-0.4, -0.2) is 4.98 Å². The Balaban J connectivity index is 2.35. The lowest BCUT2D eigenvalue weighted by Crippen LogP contribution is -2.12. The molecule has 0 saturated carbocycles. The summed E-state index contributed by atoms with van der Waals surface area (Å²) in [6, 6.07) is 6.65. The summed E-state index contributed by atoms with van der Waals surface area (Å²) in [4.78, 5) is 3.70. The molecule has 1 atom stereocenters. The van der Waals surface area contributed by atoms with Crippen LogP contribution in [0.4, 0.5) is 8.78 Å². The number of pyridine rings is 1. The molecule has 0 bridgehead atoms. The van der Waals surface area contributed by atoms with E-state index in [1.807, 2.05) is 0 Å². The summed E-state index contributed by atoms with van der Waals surface area (Å²) in [6.07, 6.45) is 2.57. The molecule has 0 aliphatic carbocycles. The summed E-state index contributed by atoms with van der Waals surface area (Å²) >= 11 is 0. The molecule has 16 heavy (non-hydrogen) atoms. The Morgan fingerprint density at radius 1 is 1.00 bits per heavy atom. The molecule has 2 rings (SSSR count). The van der Waals surface area contributed by atoms with Crippen LogP contribution in [0.25, 0.3) is 0 Å². The second-order valence-electron chi connectivity index (χ2n) is 3.47. The molecule has 2 aromatic rings. The Labute approximate surface area is 91.7 Å². The standard InChI is InChI=1S/C12H10F2N2/c13-10-3-1-2-8(4-10)12(15)9-5-11(14)7-16-6-9/h1-7,12H,15H2. The summed E-state index contributed by atoms with van der Waals surface area (Å²) in [5.74, 6) is -0.818. The molecule has 0 aliphatic rings. The fourth-order valence-corrected chi connectivity index (χ4v) is 1.49. The fourth-order valence-electron chi connectivity index (χ4n) is 1.49. The van der Waals surface area contributed by atoms with Crippen LogP contribution in [0, 0.1) is 11.6 Å². The van der Waals surface area contributed by atoms with Crippen LogP contribution in [-0.2, 0) is 0 Å². The first-order valence-electron chi connectivity index (χ1n) is 4.78. The van der Waals surface area contributed by atoms with E-state index in [0.29, 0.717) is 11.1 Å². The molecular formula is C12H10F2N2. The Kier molecular flexibility index (Phi) is 2.92. The lowest BCUT2D eigenvalue weighted by atomic mass is 10.0. The van der Waals surface area contributed by atoms with Crippen molar-refractivity contribution in [2.45, 2.75) is 6.04 Å². The highest BCUT2D eigenvalue weighted by molar-refractivity contribution is 5.29. The topological polar surface area (TPSA) is 38.9 Å². The quantitative estimate of drug-likeness (QED) is 0.844. The zero-order valence-electron chi connectivity index (χ0n) is 8.40. The maximum absolute atomic E-state index is 13.0. The highest BCUT2D eigenvalue weighted by Gasteiger charge is 2.10. The van der Waals surface area contributed by atoms with E-state index in [4.69, 9.17) is 5.73 Å². The molecule has 0 amide bonds. The van der Waals surface area contributed by atoms with Crippen molar-refractivity contribution in [2.75, 3.05) is 0 Å². The highest BCUT2D eigenvalue weighted by atomic mass is 19.1. The molecule has 2 nitrogen and oxygen atoms in total. The number of halogens is 2. The number of aromatic nitrogens is 1. The van der Waals surface area contributed by atoms with E-state index in [9.17, 15) is 8.78 Å². The number of hydrogen-bond donors (Lipinski definition) is 1. The molecule has 4 heteroatoms. The van der Waals surface area contributed by atoms with E-state index in [0.717, 1.165) is 6.20 Å². The minimum Gasteiger partial charge on any atom is -0.320 e. The van der Waals surface area contributed by atoms with Gasteiger partial charge in [-0.05, 0) is 29.3 Å². The number of hydrogen-bond acceptors (Lipinski definition) is 2. The molecule has 0 fully saturated rings. The van der Waals surface area contributed by atoms with Crippen molar-refractivity contribution in [3.63, 3.8) is 0 Å². The molecule has 2 N–H and O–H groups in total. The minimum absolute atomic E-state index is 0.364. The van der Waals surface area contributed by atoms with Gasteiger partial charge in [0.15, 0.2) is 0 Å². The van der Waals surface area contributed by atoms with Gasteiger partial charge in [-0.25, -0.2) is 8.78 Å². The van der Waals surface area contributed by atoms with Crippen molar-refractivity contribution < 1.29 is 8.78 Å². The predicted molar refractivity (Wildman–Crippen MR) is 56.6 cm³/mol. The third-order valence-electron chi connectivity index (χ3n) is 2.29. The molecule has 0 radical (unpaired) electrons. The van der Waals surface area contributed by atoms with Crippen LogP contribution in [0.15, 0.2) is 42.7 Å². The normalized spacial score (nSPS) is 12.4. The lowest BCUT2D eigenvalue weighted by Gasteiger charge is -2.11. The van der Waals surface area contributed by atoms with E-state index in [1.165, 1.54) is 24.4 Å². The van der Waals surface area contributed by atoms with Gasteiger partial charge in [0.25, 0.3) is 0 Å². The third kappa shape index (κ3) is 2.23. The van der Waals surface area contributed by atoms with E-state index in [1.54, 1.807) is 12.1 Å². The third-order valence-corrected chi connectivity index (χ3v) is 2.29. The number of benzene rings is 1. The van der Waals surface area contributed by atoms with Crippen LogP contribution in [0.3, 0.4) is 0 Å². The molecular weight excluding hydrogens is 210 g/mol. The molecule has 1 heterocycles. The van der Waals surface area contributed by atoms with Crippen LogP contribution in [0.1, 0.15) is 17.2 Å². The SMILES string of the molecule is NC(c1cccc(F)c1)c1cncc(F)c1. The van der Waals surface area contributed by atoms with Crippen molar-refractivity contribution >= 4 is 0 Å². The van der Waals surface area contributed by atoms with Gasteiger partial charge in [-0.15, -0.1) is 0 Å². The van der Waals surface area contributed by atoms with Gasteiger partial charge in [-0.1, -0.05) is 12.1 Å². The van der Waals surface area contributed by atoms with Gasteiger partial charge in [0.1, 0.15) is 11.6 Å². The average molecular weight is 220 g/mol. The molecule has 1 aromatic heterocycles. The zero-order valence-corrected chi connectivity index (χ0v) is 8.40. The molecule has 0 aliphatic heterocycles. The second-order valence-corrected chi connectivity index (χ2v) is 3.47. The summed E-state index contributed by atoms with van der Waals surface area (Å²) < 4.78 is 25.9. The Morgan fingerprint density at radius 3 is 2.44 bits per heavy atom. The fraction of sp³-hybridized carbons (Fsp3) is 0.0833. The van der Waals surface area contributed by atoms with Gasteiger partial charge < -0.3 is 5.73 Å². The molecule has 0 saturated heterocycles. The van der Waals surface area contributed by atoms with Crippen molar-refractivity contribution in [3.05, 3.63) is 65.5 Å². The summed E-state index contributed by atoms with van der Waals surface area (Å²) in [6.45, 7) is 0. The lowest BCUT2D eigenvalue weighted by molar-refractivity contribution is 0.614. The van der Waals surface area contributed by atoms with Crippen LogP contribution in [0.2, 0.25) is 0 Å². The van der Waals surface area contributed by atoms with Crippen molar-refractivity contribution in [1.82, 2.24) is 4.98 Å². The van der Waals surface area contributed by atoms with Gasteiger partial charge in [-0.2, -0.15) is 0 Å². The van der Waals surface area contributed by atoms with Crippen molar-refractivity contribution in [3.8, 4) is 0 Å². The van der Waals surface area contributed by atoms with E-state index < -0.39 is 11.9 Å². The highest BCUT2D eigenvalue weighted by Crippen LogP contribution is 2.19. The smallest absolute Gasteiger partial charge is 0.141 e. The Morgan fingerprint density at radius 2 is 1.75 bits per heavy atom. The molecule has 0 spiro atoms. The second kappa shape index (κ2) is 4.37. The Hall–Kier alpha value is -1.81. The summed E-state index contributed by atoms with van der Waals surface area (Å²) in [7, 11) is 0. The number of nitrogens with two attached hydrogens (primary N) is 1. The minimum atomic E-state index is -0.570. The maximum Gasteiger partial charge on any atom is 0.141 e. The van der Waals surface area contributed by atoms with Gasteiger partial charge in [0.2, 0.25) is 0 Å². The first-order valence-corrected chi connectivity index (χ1v) is 4.78. The van der Waals surface area contributed by atoms with Crippen LogP contribution in [0.5, 0.6) is 0 Å². The predicted octanol–water partition coefficient (Wildman–Crippen LogP) is 2.41. The average Bonchev–Trinajstić information content (AvgIpc) is 2.28. The van der Waals surface area contributed by atoms with Gasteiger partial charge >= 0.3 is 0 Å². The maximum atomic E-state index is 13.0. The van der Waals surface area contributed by atoms with Crippen LogP contribution < -0.4 is 5.73 Å². The largest absolute Gasteiger partial charge is 0.320 e.